The van der Waals surface area contributed by atoms with Crippen molar-refractivity contribution in [3.63, 3.8) is 0 Å². The van der Waals surface area contributed by atoms with Gasteiger partial charge in [-0.2, -0.15) is 0 Å². The highest BCUT2D eigenvalue weighted by molar-refractivity contribution is 6.03. The van der Waals surface area contributed by atoms with Crippen LogP contribution in [0.1, 0.15) is 15.9 Å². The summed E-state index contributed by atoms with van der Waals surface area (Å²) in [6.07, 6.45) is 0. The summed E-state index contributed by atoms with van der Waals surface area (Å²) in [6.45, 7) is 2.14. The highest BCUT2D eigenvalue weighted by Gasteiger charge is 2.05. The van der Waals surface area contributed by atoms with Gasteiger partial charge in [-0.05, 0) is 40.1 Å². The van der Waals surface area contributed by atoms with Crippen LogP contribution in [0.3, 0.4) is 0 Å². The van der Waals surface area contributed by atoms with Crippen molar-refractivity contribution < 1.29 is 9.90 Å². The number of rotatable bonds is 1. The molecule has 2 nitrogen and oxygen atoms in total. The Morgan fingerprint density at radius 3 is 1.79 bits per heavy atom. The van der Waals surface area contributed by atoms with Crippen LogP contribution in [0.15, 0.2) is 84.9 Å². The van der Waals surface area contributed by atoms with E-state index in [1.165, 1.54) is 16.3 Å². The molecule has 118 valence electrons. The molecule has 0 aromatic heterocycles. The second-order valence-electron chi connectivity index (χ2n) is 5.63. The molecular weight excluding hydrogens is 296 g/mol. The van der Waals surface area contributed by atoms with Crippen molar-refractivity contribution in [2.75, 3.05) is 0 Å². The van der Waals surface area contributed by atoms with Gasteiger partial charge in [-0.1, -0.05) is 78.9 Å². The number of aryl methyl sites for hydroxylation is 1. The molecule has 4 aromatic rings. The maximum absolute atomic E-state index is 10.8. The Hall–Kier alpha value is -3.13. The van der Waals surface area contributed by atoms with Crippen LogP contribution in [0.2, 0.25) is 0 Å². The molecule has 4 rings (SSSR count). The van der Waals surface area contributed by atoms with Crippen LogP contribution in [0, 0.1) is 6.92 Å². The molecule has 4 aromatic carbocycles. The third kappa shape index (κ3) is 3.28. The molecule has 0 saturated carbocycles. The molecule has 0 atom stereocenters. The van der Waals surface area contributed by atoms with Crippen LogP contribution in [0.4, 0.5) is 0 Å². The Labute approximate surface area is 141 Å². The van der Waals surface area contributed by atoms with Gasteiger partial charge in [0.05, 0.1) is 5.56 Å². The summed E-state index contributed by atoms with van der Waals surface area (Å²) in [5.41, 5.74) is 1.71. The molecule has 2 heteroatoms. The third-order valence-electron chi connectivity index (χ3n) is 4.03. The Balaban J connectivity index is 0.000000143. The zero-order chi connectivity index (χ0) is 16.9. The average Bonchev–Trinajstić information content (AvgIpc) is 2.62. The van der Waals surface area contributed by atoms with Gasteiger partial charge in [0, 0.05) is 0 Å². The molecule has 24 heavy (non-hydrogen) atoms. The van der Waals surface area contributed by atoms with Gasteiger partial charge in [-0.15, -0.1) is 0 Å². The minimum Gasteiger partial charge on any atom is -0.478 e. The van der Waals surface area contributed by atoms with Gasteiger partial charge in [0.2, 0.25) is 0 Å². The fourth-order valence-electron chi connectivity index (χ4n) is 2.80. The topological polar surface area (TPSA) is 37.3 Å². The van der Waals surface area contributed by atoms with Gasteiger partial charge in [-0.25, -0.2) is 4.79 Å². The standard InChI is InChI=1S/C11H8O2.C11H10/c12-11(13)10-7-3-5-8-4-1-2-6-9(8)10;1-9-5-4-7-10-6-2-3-8-11(9)10/h1-7H,(H,12,13);2-8H,1H3. The molecular formula is C22H18O2. The monoisotopic (exact) mass is 314 g/mol. The van der Waals surface area contributed by atoms with Gasteiger partial charge in [0.1, 0.15) is 0 Å². The molecule has 0 spiro atoms. The lowest BCUT2D eigenvalue weighted by Crippen LogP contribution is -1.96. The van der Waals surface area contributed by atoms with Crippen LogP contribution < -0.4 is 0 Å². The SMILES string of the molecule is Cc1cccc2ccccc12.O=C(O)c1cccc2ccccc12. The average molecular weight is 314 g/mol. The van der Waals surface area contributed by atoms with E-state index < -0.39 is 5.97 Å². The molecule has 0 aliphatic heterocycles. The predicted octanol–water partition coefficient (Wildman–Crippen LogP) is 5.69. The molecule has 0 amide bonds. The fraction of sp³-hybridized carbons (Fsp3) is 0.0455. The number of hydrogen-bond acceptors (Lipinski definition) is 1. The summed E-state index contributed by atoms with van der Waals surface area (Å²) in [5.74, 6) is -0.878. The van der Waals surface area contributed by atoms with Gasteiger partial charge >= 0.3 is 5.97 Å². The van der Waals surface area contributed by atoms with E-state index >= 15 is 0 Å². The van der Waals surface area contributed by atoms with Gasteiger partial charge in [0.25, 0.3) is 0 Å². The first kappa shape index (κ1) is 15.8. The number of aromatic carboxylic acids is 1. The molecule has 1 N–H and O–H groups in total. The fourth-order valence-corrected chi connectivity index (χ4v) is 2.80. The summed E-state index contributed by atoms with van der Waals surface area (Å²) < 4.78 is 0. The van der Waals surface area contributed by atoms with Crippen molar-refractivity contribution in [2.45, 2.75) is 6.92 Å². The minimum absolute atomic E-state index is 0.359. The summed E-state index contributed by atoms with van der Waals surface area (Å²) in [5, 5.41) is 13.3. The van der Waals surface area contributed by atoms with Gasteiger partial charge in [-0.3, -0.25) is 0 Å². The molecule has 0 radical (unpaired) electrons. The second-order valence-corrected chi connectivity index (χ2v) is 5.63. The molecule has 0 bridgehead atoms. The molecule has 0 saturated heterocycles. The van der Waals surface area contributed by atoms with E-state index in [-0.39, 0.29) is 0 Å². The van der Waals surface area contributed by atoms with Crippen LogP contribution >= 0.6 is 0 Å². The number of fused-ring (bicyclic) bond motifs is 2. The van der Waals surface area contributed by atoms with E-state index in [1.54, 1.807) is 12.1 Å². The van der Waals surface area contributed by atoms with E-state index in [2.05, 4.69) is 49.4 Å². The van der Waals surface area contributed by atoms with Crippen LogP contribution in [0.25, 0.3) is 21.5 Å². The third-order valence-corrected chi connectivity index (χ3v) is 4.03. The molecule has 0 heterocycles. The highest BCUT2D eigenvalue weighted by atomic mass is 16.4. The summed E-state index contributed by atoms with van der Waals surface area (Å²) >= 11 is 0. The minimum atomic E-state index is -0.878. The Kier molecular flexibility index (Phi) is 4.57. The molecule has 0 aliphatic rings. The summed E-state index contributed by atoms with van der Waals surface area (Å²) in [4.78, 5) is 10.8. The van der Waals surface area contributed by atoms with Crippen LogP contribution in [-0.2, 0) is 0 Å². The van der Waals surface area contributed by atoms with Gasteiger partial charge < -0.3 is 5.11 Å². The van der Waals surface area contributed by atoms with E-state index in [1.807, 2.05) is 30.3 Å². The normalized spacial score (nSPS) is 10.2. The first-order valence-corrected chi connectivity index (χ1v) is 7.82. The Bertz CT molecular complexity index is 992. The lowest BCUT2D eigenvalue weighted by molar-refractivity contribution is 0.0699. The largest absolute Gasteiger partial charge is 0.478 e. The predicted molar refractivity (Wildman–Crippen MR) is 99.6 cm³/mol. The van der Waals surface area contributed by atoms with Crippen molar-refractivity contribution in [2.24, 2.45) is 0 Å². The number of hydrogen-bond donors (Lipinski definition) is 1. The lowest BCUT2D eigenvalue weighted by Gasteiger charge is -2.00. The Morgan fingerprint density at radius 2 is 1.17 bits per heavy atom. The van der Waals surface area contributed by atoms with Crippen molar-refractivity contribution >= 4 is 27.5 Å². The summed E-state index contributed by atoms with van der Waals surface area (Å²) in [6, 6.07) is 27.6. The van der Waals surface area contributed by atoms with Gasteiger partial charge in [0.15, 0.2) is 0 Å². The second kappa shape index (κ2) is 6.97. The Morgan fingerprint density at radius 1 is 0.667 bits per heavy atom. The highest BCUT2D eigenvalue weighted by Crippen LogP contribution is 2.18. The quantitative estimate of drug-likeness (QED) is 0.490. The zero-order valence-corrected chi connectivity index (χ0v) is 13.4. The maximum atomic E-state index is 10.8. The van der Waals surface area contributed by atoms with Crippen molar-refractivity contribution in [3.05, 3.63) is 96.1 Å². The number of carbonyl (C=O) groups is 1. The maximum Gasteiger partial charge on any atom is 0.336 e. The number of benzene rings is 4. The molecule has 0 aliphatic carbocycles. The zero-order valence-electron chi connectivity index (χ0n) is 13.4. The first-order chi connectivity index (χ1) is 11.7. The number of carboxylic acid groups (broad SMARTS) is 1. The van der Waals surface area contributed by atoms with Crippen molar-refractivity contribution in [1.82, 2.24) is 0 Å². The van der Waals surface area contributed by atoms with E-state index in [0.29, 0.717) is 5.56 Å². The molecule has 0 fully saturated rings. The van der Waals surface area contributed by atoms with E-state index in [0.717, 1.165) is 10.8 Å². The van der Waals surface area contributed by atoms with Crippen molar-refractivity contribution in [1.29, 1.82) is 0 Å². The van der Waals surface area contributed by atoms with E-state index in [9.17, 15) is 4.79 Å². The van der Waals surface area contributed by atoms with Crippen LogP contribution in [0.5, 0.6) is 0 Å². The smallest absolute Gasteiger partial charge is 0.336 e. The molecule has 0 unspecified atom stereocenters. The van der Waals surface area contributed by atoms with Crippen molar-refractivity contribution in [3.8, 4) is 0 Å². The first-order valence-electron chi connectivity index (χ1n) is 7.82. The number of carboxylic acids is 1. The van der Waals surface area contributed by atoms with Crippen LogP contribution in [-0.4, -0.2) is 11.1 Å². The summed E-state index contributed by atoms with van der Waals surface area (Å²) in [7, 11) is 0. The lowest BCUT2D eigenvalue weighted by atomic mass is 10.1. The van der Waals surface area contributed by atoms with E-state index in [4.69, 9.17) is 5.11 Å².